The number of aromatic amines is 1. The van der Waals surface area contributed by atoms with Crippen LogP contribution in [-0.4, -0.2) is 62.9 Å². The largest absolute Gasteiger partial charge is 0.486 e. The van der Waals surface area contributed by atoms with Crippen LogP contribution in [0.15, 0.2) is 72.8 Å². The van der Waals surface area contributed by atoms with Gasteiger partial charge in [-0.1, -0.05) is 61.0 Å². The van der Waals surface area contributed by atoms with E-state index >= 15 is 0 Å². The van der Waals surface area contributed by atoms with E-state index in [0.29, 0.717) is 17.1 Å². The van der Waals surface area contributed by atoms with E-state index in [1.165, 1.54) is 6.07 Å². The number of ether oxygens (including phenoxy) is 1. The van der Waals surface area contributed by atoms with Gasteiger partial charge >= 0.3 is 6.03 Å². The first-order valence-electron chi connectivity index (χ1n) is 13.6. The molecule has 224 valence electrons. The van der Waals surface area contributed by atoms with Crippen LogP contribution in [0.5, 0.6) is 5.75 Å². The smallest absolute Gasteiger partial charge is 0.325 e. The Morgan fingerprint density at radius 3 is 2.42 bits per heavy atom. The van der Waals surface area contributed by atoms with Crippen molar-refractivity contribution in [2.45, 2.75) is 30.9 Å². The van der Waals surface area contributed by atoms with Gasteiger partial charge in [-0.25, -0.2) is 14.2 Å². The average Bonchev–Trinajstić information content (AvgIpc) is 3.52. The third-order valence-corrected chi connectivity index (χ3v) is 8.42. The molecular formula is C31H29ClFIN4O5. The van der Waals surface area contributed by atoms with Gasteiger partial charge in [0.15, 0.2) is 0 Å². The fourth-order valence-electron chi connectivity index (χ4n) is 5.05. The van der Waals surface area contributed by atoms with Gasteiger partial charge in [-0.2, -0.15) is 0 Å². The summed E-state index contributed by atoms with van der Waals surface area (Å²) in [6, 6.07) is 19.4. The van der Waals surface area contributed by atoms with Crippen LogP contribution in [0.3, 0.4) is 0 Å². The Labute approximate surface area is 266 Å². The fourth-order valence-corrected chi connectivity index (χ4v) is 5.75. The van der Waals surface area contributed by atoms with E-state index in [9.17, 15) is 24.2 Å². The third-order valence-electron chi connectivity index (χ3n) is 7.47. The zero-order valence-electron chi connectivity index (χ0n) is 23.0. The van der Waals surface area contributed by atoms with Crippen molar-refractivity contribution in [1.82, 2.24) is 20.2 Å². The molecule has 4 N–H and O–H groups in total. The summed E-state index contributed by atoms with van der Waals surface area (Å²) in [5.41, 5.74) is 2.00. The lowest BCUT2D eigenvalue weighted by Gasteiger charge is -2.26. The van der Waals surface area contributed by atoms with Gasteiger partial charge in [-0.05, 0) is 70.0 Å². The van der Waals surface area contributed by atoms with Crippen LogP contribution in [0, 0.1) is 9.39 Å². The molecular weight excluding hydrogens is 690 g/mol. The molecule has 1 saturated heterocycles. The molecule has 1 aliphatic rings. The summed E-state index contributed by atoms with van der Waals surface area (Å²) in [6.07, 6.45) is -0.768. The molecule has 2 heterocycles. The Balaban J connectivity index is 1.43. The van der Waals surface area contributed by atoms with Crippen molar-refractivity contribution in [3.63, 3.8) is 0 Å². The van der Waals surface area contributed by atoms with Crippen LogP contribution in [0.25, 0.3) is 11.3 Å². The molecule has 12 heteroatoms. The summed E-state index contributed by atoms with van der Waals surface area (Å²) in [4.78, 5) is 35.7. The molecule has 0 saturated carbocycles. The van der Waals surface area contributed by atoms with Gasteiger partial charge in [0.05, 0.1) is 13.2 Å². The molecule has 3 aromatic carbocycles. The summed E-state index contributed by atoms with van der Waals surface area (Å²) in [5.74, 6) is -0.789. The topological polar surface area (TPSA) is 128 Å². The number of aromatic nitrogens is 2. The Bertz CT molecular complexity index is 1600. The second-order valence-corrected chi connectivity index (χ2v) is 11.8. The maximum Gasteiger partial charge on any atom is 0.325 e. The number of nitrogens with zero attached hydrogens (tertiary/aromatic N) is 2. The minimum Gasteiger partial charge on any atom is -0.486 e. The highest BCUT2D eigenvalue weighted by molar-refractivity contribution is 14.1. The second kappa shape index (κ2) is 13.4. The zero-order chi connectivity index (χ0) is 30.7. The highest BCUT2D eigenvalue weighted by Gasteiger charge is 2.41. The zero-order valence-corrected chi connectivity index (χ0v) is 25.9. The molecule has 0 bridgehead atoms. The van der Waals surface area contributed by atoms with Crippen LogP contribution in [0.2, 0.25) is 5.15 Å². The first-order chi connectivity index (χ1) is 20.7. The number of imide groups is 1. The third kappa shape index (κ3) is 6.69. The summed E-state index contributed by atoms with van der Waals surface area (Å²) in [6.45, 7) is 1.26. The lowest BCUT2D eigenvalue weighted by molar-refractivity contribution is -0.127. The number of H-pyrrole nitrogens is 1. The molecule has 1 unspecified atom stereocenters. The molecule has 0 spiro atoms. The van der Waals surface area contributed by atoms with E-state index in [0.717, 1.165) is 14.0 Å². The number of carbonyl (C=O) groups excluding carboxylic acids is 2. The number of aliphatic hydroxyl groups excluding tert-OH is 2. The molecule has 1 fully saturated rings. The number of amides is 3. The lowest BCUT2D eigenvalue weighted by atomic mass is 9.86. The van der Waals surface area contributed by atoms with Gasteiger partial charge in [0, 0.05) is 21.6 Å². The number of urea groups is 1. The van der Waals surface area contributed by atoms with Crippen LogP contribution in [-0.2, 0) is 4.79 Å². The molecule has 43 heavy (non-hydrogen) atoms. The number of hydrogen-bond donors (Lipinski definition) is 4. The van der Waals surface area contributed by atoms with Crippen LogP contribution >= 0.6 is 34.2 Å². The highest BCUT2D eigenvalue weighted by Crippen LogP contribution is 2.37. The molecule has 4 aromatic rings. The molecule has 1 aromatic heterocycles. The van der Waals surface area contributed by atoms with Crippen molar-refractivity contribution in [3.8, 4) is 17.0 Å². The van der Waals surface area contributed by atoms with Gasteiger partial charge in [0.25, 0.3) is 5.91 Å². The Morgan fingerprint density at radius 1 is 1.07 bits per heavy atom. The number of hydrogen-bond acceptors (Lipinski definition) is 6. The Morgan fingerprint density at radius 2 is 1.77 bits per heavy atom. The SMILES string of the molecule is C[C@@H](c1ccccc1)C(CN1C(=O)N[C@H](c2ccc(OC(CO)CO)cc2)C1=O)c1nc(-c2ccc(I)cc2F)c(Cl)[nH]1. The first kappa shape index (κ1) is 30.9. The van der Waals surface area contributed by atoms with Gasteiger partial charge in [0.1, 0.15) is 40.4 Å². The average molecular weight is 719 g/mol. The Kier molecular flexibility index (Phi) is 9.65. The number of benzene rings is 3. The number of carbonyl (C=O) groups is 2. The molecule has 3 amide bonds. The van der Waals surface area contributed by atoms with E-state index in [4.69, 9.17) is 16.3 Å². The van der Waals surface area contributed by atoms with Gasteiger partial charge in [-0.3, -0.25) is 9.69 Å². The van der Waals surface area contributed by atoms with Gasteiger partial charge in [0.2, 0.25) is 0 Å². The van der Waals surface area contributed by atoms with Crippen molar-refractivity contribution >= 4 is 46.1 Å². The van der Waals surface area contributed by atoms with E-state index < -0.39 is 35.8 Å². The monoisotopic (exact) mass is 718 g/mol. The summed E-state index contributed by atoms with van der Waals surface area (Å²) < 4.78 is 21.1. The summed E-state index contributed by atoms with van der Waals surface area (Å²) >= 11 is 8.57. The summed E-state index contributed by atoms with van der Waals surface area (Å²) in [7, 11) is 0. The predicted molar refractivity (Wildman–Crippen MR) is 167 cm³/mol. The Hall–Kier alpha value is -3.52. The van der Waals surface area contributed by atoms with Crippen LogP contribution < -0.4 is 10.1 Å². The fraction of sp³-hybridized carbons (Fsp3) is 0.258. The lowest BCUT2D eigenvalue weighted by Crippen LogP contribution is -2.36. The molecule has 5 rings (SSSR count). The van der Waals surface area contributed by atoms with Crippen molar-refractivity contribution < 1.29 is 28.9 Å². The van der Waals surface area contributed by atoms with Gasteiger partial charge < -0.3 is 25.3 Å². The molecule has 0 aliphatic carbocycles. The van der Waals surface area contributed by atoms with E-state index in [1.54, 1.807) is 36.4 Å². The molecule has 0 radical (unpaired) electrons. The number of nitrogens with one attached hydrogen (secondary N) is 2. The van der Waals surface area contributed by atoms with Crippen LogP contribution in [0.1, 0.15) is 41.8 Å². The van der Waals surface area contributed by atoms with E-state index in [-0.39, 0.29) is 42.1 Å². The molecule has 9 nitrogen and oxygen atoms in total. The van der Waals surface area contributed by atoms with E-state index in [2.05, 4.69) is 15.3 Å². The van der Waals surface area contributed by atoms with Crippen molar-refractivity contribution in [1.29, 1.82) is 0 Å². The maximum absolute atomic E-state index is 14.9. The minimum absolute atomic E-state index is 0.00838. The quantitative estimate of drug-likeness (QED) is 0.122. The summed E-state index contributed by atoms with van der Waals surface area (Å²) in [5, 5.41) is 21.4. The first-order valence-corrected chi connectivity index (χ1v) is 15.0. The number of rotatable bonds is 11. The second-order valence-electron chi connectivity index (χ2n) is 10.2. The standard InChI is InChI=1S/C31H29ClFIN4O5/c1-17(18-5-3-2-4-6-18)24(29-35-27(28(32)37-29)23-12-9-20(34)13-25(23)33)14-38-30(41)26(36-31(38)42)19-7-10-21(11-8-19)43-22(15-39)16-40/h2-13,17,22,24,26,39-40H,14-16H2,1H3,(H,35,37)(H,36,42)/t17-,24?,26+/m0/s1. The number of aliphatic hydroxyl groups is 2. The van der Waals surface area contributed by atoms with Gasteiger partial charge in [-0.15, -0.1) is 0 Å². The molecule has 3 atom stereocenters. The van der Waals surface area contributed by atoms with Crippen molar-refractivity contribution in [2.75, 3.05) is 19.8 Å². The minimum atomic E-state index is -0.919. The van der Waals surface area contributed by atoms with Crippen LogP contribution in [0.4, 0.5) is 9.18 Å². The van der Waals surface area contributed by atoms with E-state index in [1.807, 2.05) is 59.8 Å². The number of halogens is 3. The molecule has 1 aliphatic heterocycles. The maximum atomic E-state index is 14.9. The highest BCUT2D eigenvalue weighted by atomic mass is 127. The van der Waals surface area contributed by atoms with Crippen molar-refractivity contribution in [2.24, 2.45) is 0 Å². The normalized spacial score (nSPS) is 16.4. The predicted octanol–water partition coefficient (Wildman–Crippen LogP) is 5.39. The van der Waals surface area contributed by atoms with Crippen molar-refractivity contribution in [3.05, 3.63) is 104 Å². The number of imidazole rings is 1.